The van der Waals surface area contributed by atoms with Crippen molar-refractivity contribution in [3.8, 4) is 11.5 Å². The zero-order valence-electron chi connectivity index (χ0n) is 14.7. The third kappa shape index (κ3) is 4.73. The molecule has 0 fully saturated rings. The van der Waals surface area contributed by atoms with Gasteiger partial charge >= 0.3 is 11.8 Å². The zero-order valence-corrected chi connectivity index (χ0v) is 15.5. The fourth-order valence-electron chi connectivity index (χ4n) is 2.33. The van der Waals surface area contributed by atoms with E-state index in [2.05, 4.69) is 10.6 Å². The molecular weight excluding hydrogens is 340 g/mol. The lowest BCUT2D eigenvalue weighted by atomic mass is 10.0. The molecule has 2 N–H and O–H groups in total. The van der Waals surface area contributed by atoms with E-state index in [0.29, 0.717) is 17.2 Å². The van der Waals surface area contributed by atoms with E-state index >= 15 is 0 Å². The summed E-state index contributed by atoms with van der Waals surface area (Å²) < 4.78 is 10.3. The monoisotopic (exact) mass is 362 g/mol. The van der Waals surface area contributed by atoms with Crippen LogP contribution in [0.5, 0.6) is 11.5 Å². The summed E-state index contributed by atoms with van der Waals surface area (Å²) in [5, 5.41) is 7.31. The van der Waals surface area contributed by atoms with Gasteiger partial charge in [0.2, 0.25) is 0 Å². The Kier molecular flexibility index (Phi) is 6.41. The highest BCUT2D eigenvalue weighted by molar-refractivity contribution is 7.10. The number of hydrogen-bond donors (Lipinski definition) is 2. The van der Waals surface area contributed by atoms with E-state index < -0.39 is 11.8 Å². The first kappa shape index (κ1) is 18.8. The molecule has 0 unspecified atom stereocenters. The van der Waals surface area contributed by atoms with Gasteiger partial charge in [0.1, 0.15) is 11.5 Å². The van der Waals surface area contributed by atoms with Crippen molar-refractivity contribution < 1.29 is 19.1 Å². The molecule has 0 saturated carbocycles. The number of methoxy groups -OCH3 is 2. The van der Waals surface area contributed by atoms with Crippen LogP contribution in [0.1, 0.15) is 24.8 Å². The normalized spacial score (nSPS) is 11.7. The van der Waals surface area contributed by atoms with Gasteiger partial charge in [-0.1, -0.05) is 19.9 Å². The van der Waals surface area contributed by atoms with Crippen LogP contribution in [0.2, 0.25) is 0 Å². The van der Waals surface area contributed by atoms with Crippen molar-refractivity contribution in [1.82, 2.24) is 5.32 Å². The standard InChI is InChI=1S/C18H22N2O4S/c1-11(2)16(15-6-5-9-25-15)20-18(22)17(21)19-13-10-12(23-3)7-8-14(13)24-4/h5-11,16H,1-4H3,(H,19,21)(H,20,22)/t16-/m0/s1. The van der Waals surface area contributed by atoms with E-state index in [1.165, 1.54) is 14.2 Å². The van der Waals surface area contributed by atoms with Gasteiger partial charge in [0, 0.05) is 10.9 Å². The first-order valence-electron chi connectivity index (χ1n) is 7.83. The molecule has 1 atom stereocenters. The summed E-state index contributed by atoms with van der Waals surface area (Å²) in [5.74, 6) is -0.303. The van der Waals surface area contributed by atoms with Crippen LogP contribution < -0.4 is 20.1 Å². The molecule has 2 amide bonds. The maximum absolute atomic E-state index is 12.3. The van der Waals surface area contributed by atoms with E-state index in [4.69, 9.17) is 9.47 Å². The largest absolute Gasteiger partial charge is 0.497 e. The van der Waals surface area contributed by atoms with Crippen LogP contribution in [0.4, 0.5) is 5.69 Å². The predicted molar refractivity (Wildman–Crippen MR) is 98.2 cm³/mol. The van der Waals surface area contributed by atoms with Crippen molar-refractivity contribution in [1.29, 1.82) is 0 Å². The fourth-order valence-corrected chi connectivity index (χ4v) is 3.28. The highest BCUT2D eigenvalue weighted by Gasteiger charge is 2.24. The van der Waals surface area contributed by atoms with Crippen molar-refractivity contribution in [3.05, 3.63) is 40.6 Å². The van der Waals surface area contributed by atoms with Gasteiger partial charge in [0.25, 0.3) is 0 Å². The number of amides is 2. The summed E-state index contributed by atoms with van der Waals surface area (Å²) in [6.45, 7) is 3.99. The van der Waals surface area contributed by atoms with Gasteiger partial charge in [-0.15, -0.1) is 11.3 Å². The second-order valence-corrected chi connectivity index (χ2v) is 6.71. The predicted octanol–water partition coefficient (Wildman–Crippen LogP) is 3.22. The average Bonchev–Trinajstić information content (AvgIpc) is 3.13. The van der Waals surface area contributed by atoms with Gasteiger partial charge in [-0.25, -0.2) is 0 Å². The van der Waals surface area contributed by atoms with Crippen molar-refractivity contribution in [2.75, 3.05) is 19.5 Å². The summed E-state index contributed by atoms with van der Waals surface area (Å²) in [6, 6.07) is 8.62. The SMILES string of the molecule is COc1ccc(OC)c(NC(=O)C(=O)N[C@H](c2cccs2)C(C)C)c1. The summed E-state index contributed by atoms with van der Waals surface area (Å²) in [6.07, 6.45) is 0. The summed E-state index contributed by atoms with van der Waals surface area (Å²) in [5.41, 5.74) is 0.374. The van der Waals surface area contributed by atoms with Crippen molar-refractivity contribution >= 4 is 28.8 Å². The van der Waals surface area contributed by atoms with Gasteiger partial charge in [0.05, 0.1) is 25.9 Å². The van der Waals surface area contributed by atoms with Gasteiger partial charge < -0.3 is 20.1 Å². The fraction of sp³-hybridized carbons (Fsp3) is 0.333. The van der Waals surface area contributed by atoms with Gasteiger partial charge in [0.15, 0.2) is 0 Å². The molecule has 0 aliphatic rings. The second-order valence-electron chi connectivity index (χ2n) is 5.73. The Morgan fingerprint density at radius 3 is 2.40 bits per heavy atom. The second kappa shape index (κ2) is 8.53. The van der Waals surface area contributed by atoms with Crippen molar-refractivity contribution in [2.24, 2.45) is 5.92 Å². The molecule has 0 aliphatic heterocycles. The summed E-state index contributed by atoms with van der Waals surface area (Å²) >= 11 is 1.55. The first-order valence-corrected chi connectivity index (χ1v) is 8.71. The molecule has 25 heavy (non-hydrogen) atoms. The van der Waals surface area contributed by atoms with Crippen molar-refractivity contribution in [3.63, 3.8) is 0 Å². The van der Waals surface area contributed by atoms with Crippen LogP contribution in [-0.2, 0) is 9.59 Å². The van der Waals surface area contributed by atoms with E-state index in [0.717, 1.165) is 4.88 Å². The van der Waals surface area contributed by atoms with Crippen LogP contribution in [0.25, 0.3) is 0 Å². The number of benzene rings is 1. The minimum absolute atomic E-state index is 0.154. The molecule has 0 aliphatic carbocycles. The molecule has 0 spiro atoms. The highest BCUT2D eigenvalue weighted by Crippen LogP contribution is 2.29. The molecule has 134 valence electrons. The van der Waals surface area contributed by atoms with Crippen LogP contribution in [0, 0.1) is 5.92 Å². The maximum Gasteiger partial charge on any atom is 0.313 e. The quantitative estimate of drug-likeness (QED) is 0.774. The van der Waals surface area contributed by atoms with Gasteiger partial charge in [-0.2, -0.15) is 0 Å². The van der Waals surface area contributed by atoms with Crippen molar-refractivity contribution in [2.45, 2.75) is 19.9 Å². The number of hydrogen-bond acceptors (Lipinski definition) is 5. The highest BCUT2D eigenvalue weighted by atomic mass is 32.1. The number of thiophene rings is 1. The van der Waals surface area contributed by atoms with E-state index in [9.17, 15) is 9.59 Å². The van der Waals surface area contributed by atoms with E-state index in [1.54, 1.807) is 29.5 Å². The molecule has 1 aromatic heterocycles. The van der Waals surface area contributed by atoms with Gasteiger partial charge in [-0.3, -0.25) is 9.59 Å². The maximum atomic E-state index is 12.3. The Bertz CT molecular complexity index is 729. The van der Waals surface area contributed by atoms with E-state index in [1.807, 2.05) is 31.4 Å². The molecule has 7 heteroatoms. The average molecular weight is 362 g/mol. The first-order chi connectivity index (χ1) is 12.0. The number of nitrogens with one attached hydrogen (secondary N) is 2. The summed E-state index contributed by atoms with van der Waals surface area (Å²) in [7, 11) is 3.01. The van der Waals surface area contributed by atoms with Gasteiger partial charge in [-0.05, 0) is 29.5 Å². The lowest BCUT2D eigenvalue weighted by Gasteiger charge is -2.21. The molecule has 2 aromatic rings. The third-order valence-electron chi connectivity index (χ3n) is 3.66. The smallest absolute Gasteiger partial charge is 0.313 e. The Labute approximate surface area is 151 Å². The number of carbonyl (C=O) groups is 2. The topological polar surface area (TPSA) is 76.7 Å². The Morgan fingerprint density at radius 1 is 1.08 bits per heavy atom. The van der Waals surface area contributed by atoms with Crippen LogP contribution in [-0.4, -0.2) is 26.0 Å². The Hall–Kier alpha value is -2.54. The lowest BCUT2D eigenvalue weighted by Crippen LogP contribution is -2.39. The summed E-state index contributed by atoms with van der Waals surface area (Å²) in [4.78, 5) is 25.6. The minimum Gasteiger partial charge on any atom is -0.497 e. The third-order valence-corrected chi connectivity index (χ3v) is 4.62. The molecule has 2 rings (SSSR count). The molecule has 1 aromatic carbocycles. The Morgan fingerprint density at radius 2 is 1.84 bits per heavy atom. The minimum atomic E-state index is -0.756. The zero-order chi connectivity index (χ0) is 18.4. The molecule has 6 nitrogen and oxygen atoms in total. The van der Waals surface area contributed by atoms with Crippen LogP contribution in [0.3, 0.4) is 0 Å². The number of carbonyl (C=O) groups excluding carboxylic acids is 2. The number of anilines is 1. The van der Waals surface area contributed by atoms with Crippen LogP contribution in [0.15, 0.2) is 35.7 Å². The molecule has 1 heterocycles. The van der Waals surface area contributed by atoms with Crippen LogP contribution >= 0.6 is 11.3 Å². The molecular formula is C18H22N2O4S. The molecule has 0 bridgehead atoms. The lowest BCUT2D eigenvalue weighted by molar-refractivity contribution is -0.136. The van der Waals surface area contributed by atoms with E-state index in [-0.39, 0.29) is 12.0 Å². The molecule has 0 radical (unpaired) electrons. The number of rotatable bonds is 6. The molecule has 0 saturated heterocycles. The Balaban J connectivity index is 2.11. The number of ether oxygens (including phenoxy) is 2.